The van der Waals surface area contributed by atoms with Crippen molar-refractivity contribution in [3.63, 3.8) is 0 Å². The highest BCUT2D eigenvalue weighted by Crippen LogP contribution is 2.24. The largest absolute Gasteiger partial charge is 0.307 e. The Hall–Kier alpha value is -1.17. The summed E-state index contributed by atoms with van der Waals surface area (Å²) in [5, 5.41) is 1.98. The van der Waals surface area contributed by atoms with E-state index in [2.05, 4.69) is 26.3 Å². The van der Waals surface area contributed by atoms with Crippen molar-refractivity contribution in [2.45, 2.75) is 0 Å². The third-order valence-corrected chi connectivity index (χ3v) is 3.81. The minimum Gasteiger partial charge on any atom is -0.307 e. The van der Waals surface area contributed by atoms with Crippen molar-refractivity contribution in [1.29, 1.82) is 0 Å². The standard InChI is InChI=1S/C11H10BrN3S/c12-9-6-7-16-10(9)11(15-13)14-8-4-2-1-3-5-8/h1-7H,13H2,(H,14,15). The summed E-state index contributed by atoms with van der Waals surface area (Å²) in [5.41, 5.74) is 3.50. The first-order chi connectivity index (χ1) is 7.81. The summed E-state index contributed by atoms with van der Waals surface area (Å²) >= 11 is 5.04. The van der Waals surface area contributed by atoms with E-state index >= 15 is 0 Å². The number of para-hydroxylation sites is 1. The van der Waals surface area contributed by atoms with Crippen LogP contribution in [0.2, 0.25) is 0 Å². The molecular formula is C11H10BrN3S. The summed E-state index contributed by atoms with van der Waals surface area (Å²) in [6.45, 7) is 0. The molecule has 0 bridgehead atoms. The second kappa shape index (κ2) is 5.25. The van der Waals surface area contributed by atoms with E-state index in [0.717, 1.165) is 15.0 Å². The summed E-state index contributed by atoms with van der Waals surface area (Å²) in [5.74, 6) is 6.15. The smallest absolute Gasteiger partial charge is 0.159 e. The van der Waals surface area contributed by atoms with Gasteiger partial charge in [0.25, 0.3) is 0 Å². The number of halogens is 1. The number of nitrogens with zero attached hydrogens (tertiary/aromatic N) is 1. The zero-order valence-corrected chi connectivity index (χ0v) is 10.8. The molecule has 0 fully saturated rings. The molecule has 0 spiro atoms. The normalized spacial score (nSPS) is 11.5. The molecule has 0 atom stereocenters. The van der Waals surface area contributed by atoms with Crippen LogP contribution >= 0.6 is 27.3 Å². The molecule has 16 heavy (non-hydrogen) atoms. The van der Waals surface area contributed by atoms with Crippen molar-refractivity contribution in [1.82, 2.24) is 5.43 Å². The Balaban J connectivity index is 2.37. The lowest BCUT2D eigenvalue weighted by Gasteiger charge is -2.03. The molecule has 0 radical (unpaired) electrons. The number of nitrogens with two attached hydrogens (primary N) is 1. The van der Waals surface area contributed by atoms with Crippen LogP contribution in [0.15, 0.2) is 51.2 Å². The summed E-state index contributed by atoms with van der Waals surface area (Å²) < 4.78 is 0.991. The Kier molecular flexibility index (Phi) is 3.71. The quantitative estimate of drug-likeness (QED) is 0.387. The maximum absolute atomic E-state index is 5.49. The minimum absolute atomic E-state index is 0.660. The average molecular weight is 296 g/mol. The van der Waals surface area contributed by atoms with Gasteiger partial charge in [0.05, 0.1) is 10.6 Å². The van der Waals surface area contributed by atoms with Crippen molar-refractivity contribution in [3.05, 3.63) is 51.1 Å². The van der Waals surface area contributed by atoms with Crippen molar-refractivity contribution < 1.29 is 0 Å². The van der Waals surface area contributed by atoms with Crippen LogP contribution in [0, 0.1) is 0 Å². The maximum Gasteiger partial charge on any atom is 0.159 e. The summed E-state index contributed by atoms with van der Waals surface area (Å²) in [4.78, 5) is 5.43. The molecule has 0 saturated carbocycles. The molecule has 2 aromatic rings. The summed E-state index contributed by atoms with van der Waals surface area (Å²) in [7, 11) is 0. The van der Waals surface area contributed by atoms with E-state index in [1.54, 1.807) is 11.3 Å². The number of rotatable bonds is 2. The van der Waals surface area contributed by atoms with E-state index in [-0.39, 0.29) is 0 Å². The molecule has 5 heteroatoms. The lowest BCUT2D eigenvalue weighted by Crippen LogP contribution is -2.30. The summed E-state index contributed by atoms with van der Waals surface area (Å²) in [6.07, 6.45) is 0. The van der Waals surface area contributed by atoms with Crippen LogP contribution in [0.3, 0.4) is 0 Å². The first kappa shape index (κ1) is 11.3. The van der Waals surface area contributed by atoms with Gasteiger partial charge >= 0.3 is 0 Å². The van der Waals surface area contributed by atoms with Gasteiger partial charge in [-0.2, -0.15) is 0 Å². The Morgan fingerprint density at radius 2 is 2.00 bits per heavy atom. The van der Waals surface area contributed by atoms with Gasteiger partial charge in [-0.1, -0.05) is 18.2 Å². The fraction of sp³-hybridized carbons (Fsp3) is 0. The summed E-state index contributed by atoms with van der Waals surface area (Å²) in [6, 6.07) is 11.7. The lowest BCUT2D eigenvalue weighted by atomic mass is 10.3. The first-order valence-electron chi connectivity index (χ1n) is 4.65. The van der Waals surface area contributed by atoms with Gasteiger partial charge in [-0.3, -0.25) is 0 Å². The third-order valence-electron chi connectivity index (χ3n) is 1.97. The molecule has 1 aromatic heterocycles. The average Bonchev–Trinajstić information content (AvgIpc) is 2.74. The fourth-order valence-electron chi connectivity index (χ4n) is 1.24. The molecule has 3 nitrogen and oxygen atoms in total. The van der Waals surface area contributed by atoms with Crippen molar-refractivity contribution in [2.75, 3.05) is 0 Å². The molecule has 0 aliphatic heterocycles. The number of amidine groups is 1. The Labute approximate surface area is 106 Å². The van der Waals surface area contributed by atoms with E-state index in [0.29, 0.717) is 5.84 Å². The molecule has 0 unspecified atom stereocenters. The SMILES string of the molecule is NNC(=Nc1ccccc1)c1sccc1Br. The molecule has 0 amide bonds. The monoisotopic (exact) mass is 295 g/mol. The highest BCUT2D eigenvalue weighted by molar-refractivity contribution is 9.10. The van der Waals surface area contributed by atoms with E-state index in [9.17, 15) is 0 Å². The van der Waals surface area contributed by atoms with Crippen LogP contribution in [0.1, 0.15) is 4.88 Å². The predicted molar refractivity (Wildman–Crippen MR) is 72.0 cm³/mol. The van der Waals surface area contributed by atoms with E-state index in [4.69, 9.17) is 5.84 Å². The van der Waals surface area contributed by atoms with Gasteiger partial charge in [0.15, 0.2) is 5.84 Å². The van der Waals surface area contributed by atoms with Crippen molar-refractivity contribution >= 4 is 38.8 Å². The van der Waals surface area contributed by atoms with Crippen LogP contribution in [0.5, 0.6) is 0 Å². The third kappa shape index (κ3) is 2.49. The van der Waals surface area contributed by atoms with Crippen LogP contribution < -0.4 is 11.3 Å². The van der Waals surface area contributed by atoms with Crippen LogP contribution in [-0.2, 0) is 0 Å². The predicted octanol–water partition coefficient (Wildman–Crippen LogP) is 3.05. The maximum atomic E-state index is 5.49. The van der Waals surface area contributed by atoms with Gasteiger partial charge in [0.1, 0.15) is 0 Å². The molecule has 0 aliphatic carbocycles. The molecule has 2 rings (SSSR count). The number of hydrogen-bond acceptors (Lipinski definition) is 3. The fourth-order valence-corrected chi connectivity index (χ4v) is 2.76. The second-order valence-corrected chi connectivity index (χ2v) is 4.81. The van der Waals surface area contributed by atoms with E-state index in [1.807, 2.05) is 41.8 Å². The number of nitrogens with one attached hydrogen (secondary N) is 1. The second-order valence-electron chi connectivity index (χ2n) is 3.04. The van der Waals surface area contributed by atoms with Gasteiger partial charge in [-0.15, -0.1) is 11.3 Å². The first-order valence-corrected chi connectivity index (χ1v) is 6.32. The van der Waals surface area contributed by atoms with Gasteiger partial charge < -0.3 is 5.43 Å². The number of aliphatic imine (C=N–C) groups is 1. The molecular weight excluding hydrogens is 286 g/mol. The number of thiophene rings is 1. The molecule has 1 heterocycles. The highest BCUT2D eigenvalue weighted by atomic mass is 79.9. The number of hydrazine groups is 1. The van der Waals surface area contributed by atoms with E-state index in [1.165, 1.54) is 0 Å². The molecule has 0 aliphatic rings. The lowest BCUT2D eigenvalue weighted by molar-refractivity contribution is 1.03. The zero-order valence-electron chi connectivity index (χ0n) is 8.35. The number of benzene rings is 1. The van der Waals surface area contributed by atoms with Crippen molar-refractivity contribution in [2.24, 2.45) is 10.8 Å². The van der Waals surface area contributed by atoms with Gasteiger partial charge in [-0.05, 0) is 39.5 Å². The van der Waals surface area contributed by atoms with Gasteiger partial charge in [0, 0.05) is 4.47 Å². The van der Waals surface area contributed by atoms with E-state index < -0.39 is 0 Å². The van der Waals surface area contributed by atoms with Gasteiger partial charge in [0.2, 0.25) is 0 Å². The zero-order chi connectivity index (χ0) is 11.4. The molecule has 0 saturated heterocycles. The van der Waals surface area contributed by atoms with Crippen molar-refractivity contribution in [3.8, 4) is 0 Å². The number of hydrogen-bond donors (Lipinski definition) is 2. The minimum atomic E-state index is 0.660. The van der Waals surface area contributed by atoms with Gasteiger partial charge in [-0.25, -0.2) is 10.8 Å². The molecule has 82 valence electrons. The topological polar surface area (TPSA) is 50.4 Å². The van der Waals surface area contributed by atoms with Crippen LogP contribution in [-0.4, -0.2) is 5.84 Å². The van der Waals surface area contributed by atoms with Crippen LogP contribution in [0.25, 0.3) is 0 Å². The Morgan fingerprint density at radius 1 is 1.25 bits per heavy atom. The molecule has 1 aromatic carbocycles. The van der Waals surface area contributed by atoms with Crippen LogP contribution in [0.4, 0.5) is 5.69 Å². The Bertz CT molecular complexity index is 493. The highest BCUT2D eigenvalue weighted by Gasteiger charge is 2.07. The molecule has 3 N–H and O–H groups in total. The Morgan fingerprint density at radius 3 is 2.56 bits per heavy atom.